The van der Waals surface area contributed by atoms with Crippen LogP contribution in [0.5, 0.6) is 0 Å². The molecule has 1 rings (SSSR count). The quantitative estimate of drug-likeness (QED) is 0.446. The Labute approximate surface area is 49.5 Å². The van der Waals surface area contributed by atoms with Crippen LogP contribution in [0.4, 0.5) is 0 Å². The number of rotatable bonds is 0. The summed E-state index contributed by atoms with van der Waals surface area (Å²) in [6.07, 6.45) is 4.91. The van der Waals surface area contributed by atoms with Gasteiger partial charge in [-0.25, -0.2) is 0 Å². The summed E-state index contributed by atoms with van der Waals surface area (Å²) in [5, 5.41) is 0. The van der Waals surface area contributed by atoms with Crippen LogP contribution < -0.4 is 0 Å². The monoisotopic (exact) mass is 109 g/mol. The molecular weight excluding hydrogens is 100 g/mol. The molecule has 0 aliphatic carbocycles. The minimum atomic E-state index is 0.747. The van der Waals surface area contributed by atoms with Crippen molar-refractivity contribution < 1.29 is 0 Å². The molecule has 0 unspecified atom stereocenters. The first kappa shape index (κ1) is 5.35. The smallest absolute Gasteiger partial charge is 0.110 e. The molecule has 8 heavy (non-hydrogen) atoms. The van der Waals surface area contributed by atoms with E-state index in [0.29, 0.717) is 0 Å². The number of hydrogen-bond acceptors (Lipinski definition) is 2. The molecule has 0 bridgehead atoms. The molecule has 2 heteroatoms. The second kappa shape index (κ2) is 1.99. The Balaban J connectivity index is 2.63. The first-order valence-electron chi connectivity index (χ1n) is 2.60. The molecule has 0 atom stereocenters. The van der Waals surface area contributed by atoms with Crippen molar-refractivity contribution in [1.82, 2.24) is 4.90 Å². The second-order valence-electron chi connectivity index (χ2n) is 1.95. The molecule has 1 aliphatic rings. The van der Waals surface area contributed by atoms with Gasteiger partial charge >= 0.3 is 0 Å². The SMILES string of the molecule is CC1=[C]N(C)CN=C1. The van der Waals surface area contributed by atoms with Crippen LogP contribution in [0.3, 0.4) is 0 Å². The van der Waals surface area contributed by atoms with Gasteiger partial charge in [-0.05, 0) is 12.5 Å². The Morgan fingerprint density at radius 2 is 2.62 bits per heavy atom. The Hall–Kier alpha value is -0.790. The van der Waals surface area contributed by atoms with E-state index in [0.717, 1.165) is 12.2 Å². The summed E-state index contributed by atoms with van der Waals surface area (Å²) >= 11 is 0. The molecule has 1 aliphatic heterocycles. The standard InChI is InChI=1S/C6H9N2/c1-6-3-7-5-8(2)4-6/h3H,5H2,1-2H3. The maximum atomic E-state index is 4.04. The minimum Gasteiger partial charge on any atom is -0.353 e. The number of hydrogen-bond donors (Lipinski definition) is 0. The molecule has 0 N–H and O–H groups in total. The molecule has 0 spiro atoms. The number of allylic oxidation sites excluding steroid dienone is 1. The normalized spacial score (nSPS) is 18.8. The van der Waals surface area contributed by atoms with Gasteiger partial charge in [0.1, 0.15) is 6.67 Å². The lowest BCUT2D eigenvalue weighted by molar-refractivity contribution is 0.445. The third-order valence-corrected chi connectivity index (χ3v) is 0.946. The zero-order valence-corrected chi connectivity index (χ0v) is 5.18. The van der Waals surface area contributed by atoms with Crippen molar-refractivity contribution in [2.75, 3.05) is 13.7 Å². The van der Waals surface area contributed by atoms with E-state index < -0.39 is 0 Å². The molecular formula is C6H9N2. The van der Waals surface area contributed by atoms with E-state index in [4.69, 9.17) is 0 Å². The topological polar surface area (TPSA) is 15.6 Å². The van der Waals surface area contributed by atoms with E-state index in [9.17, 15) is 0 Å². The van der Waals surface area contributed by atoms with Crippen LogP contribution in [-0.2, 0) is 0 Å². The van der Waals surface area contributed by atoms with Crippen LogP contribution in [0.25, 0.3) is 0 Å². The highest BCUT2D eigenvalue weighted by Gasteiger charge is 1.95. The molecule has 0 aromatic heterocycles. The Kier molecular flexibility index (Phi) is 1.33. The summed E-state index contributed by atoms with van der Waals surface area (Å²) < 4.78 is 0. The Morgan fingerprint density at radius 3 is 3.00 bits per heavy atom. The highest BCUT2D eigenvalue weighted by molar-refractivity contribution is 5.77. The first-order valence-corrected chi connectivity index (χ1v) is 2.60. The lowest BCUT2D eigenvalue weighted by atomic mass is 10.3. The van der Waals surface area contributed by atoms with Gasteiger partial charge in [0, 0.05) is 13.3 Å². The summed E-state index contributed by atoms with van der Waals surface area (Å²) in [4.78, 5) is 5.97. The Bertz CT molecular complexity index is 135. The molecule has 2 nitrogen and oxygen atoms in total. The highest BCUT2D eigenvalue weighted by atomic mass is 15.2. The predicted octanol–water partition coefficient (Wildman–Crippen LogP) is 0.667. The summed E-state index contributed by atoms with van der Waals surface area (Å²) in [5.74, 6) is 0. The van der Waals surface area contributed by atoms with Gasteiger partial charge in [0.15, 0.2) is 0 Å². The van der Waals surface area contributed by atoms with Gasteiger partial charge in [-0.1, -0.05) is 0 Å². The third kappa shape index (κ3) is 1.09. The maximum absolute atomic E-state index is 4.04. The molecule has 0 fully saturated rings. The van der Waals surface area contributed by atoms with Gasteiger partial charge in [-0.15, -0.1) is 0 Å². The fraction of sp³-hybridized carbons (Fsp3) is 0.500. The fourth-order valence-electron chi connectivity index (χ4n) is 0.666. The van der Waals surface area contributed by atoms with Gasteiger partial charge in [0.25, 0.3) is 0 Å². The molecule has 1 radical (unpaired) electrons. The minimum absolute atomic E-state index is 0.747. The zero-order chi connectivity index (χ0) is 5.98. The third-order valence-electron chi connectivity index (χ3n) is 0.946. The molecule has 0 saturated carbocycles. The van der Waals surface area contributed by atoms with Crippen molar-refractivity contribution in [3.63, 3.8) is 0 Å². The van der Waals surface area contributed by atoms with Crippen LogP contribution in [0.15, 0.2) is 10.6 Å². The van der Waals surface area contributed by atoms with Crippen LogP contribution in [-0.4, -0.2) is 24.8 Å². The van der Waals surface area contributed by atoms with E-state index in [1.165, 1.54) is 0 Å². The van der Waals surface area contributed by atoms with Crippen molar-refractivity contribution in [2.24, 2.45) is 4.99 Å². The van der Waals surface area contributed by atoms with Crippen molar-refractivity contribution in [1.29, 1.82) is 0 Å². The maximum Gasteiger partial charge on any atom is 0.110 e. The van der Waals surface area contributed by atoms with Gasteiger partial charge in [-0.2, -0.15) is 0 Å². The summed E-state index contributed by atoms with van der Waals surface area (Å²) in [6, 6.07) is 0. The van der Waals surface area contributed by atoms with Gasteiger partial charge in [0.2, 0.25) is 0 Å². The second-order valence-corrected chi connectivity index (χ2v) is 1.95. The lowest BCUT2D eigenvalue weighted by Crippen LogP contribution is -2.15. The van der Waals surface area contributed by atoms with Crippen molar-refractivity contribution in [3.05, 3.63) is 11.8 Å². The van der Waals surface area contributed by atoms with E-state index in [2.05, 4.69) is 11.2 Å². The van der Waals surface area contributed by atoms with E-state index >= 15 is 0 Å². The van der Waals surface area contributed by atoms with Crippen LogP contribution in [0.2, 0.25) is 0 Å². The molecule has 0 saturated heterocycles. The predicted molar refractivity (Wildman–Crippen MR) is 33.6 cm³/mol. The molecule has 0 aromatic rings. The molecule has 0 aromatic carbocycles. The number of nitrogens with zero attached hydrogens (tertiary/aromatic N) is 2. The van der Waals surface area contributed by atoms with Crippen LogP contribution in [0, 0.1) is 6.20 Å². The van der Waals surface area contributed by atoms with E-state index in [-0.39, 0.29) is 0 Å². The number of aliphatic imine (C=N–C) groups is 1. The lowest BCUT2D eigenvalue weighted by Gasteiger charge is -2.13. The highest BCUT2D eigenvalue weighted by Crippen LogP contribution is 1.96. The Morgan fingerprint density at radius 1 is 1.88 bits per heavy atom. The summed E-state index contributed by atoms with van der Waals surface area (Å²) in [6.45, 7) is 2.73. The van der Waals surface area contributed by atoms with Crippen molar-refractivity contribution >= 4 is 6.21 Å². The van der Waals surface area contributed by atoms with Crippen LogP contribution in [0.1, 0.15) is 6.92 Å². The largest absolute Gasteiger partial charge is 0.353 e. The average Bonchev–Trinajstić information content (AvgIpc) is 1.64. The average molecular weight is 109 g/mol. The zero-order valence-electron chi connectivity index (χ0n) is 5.18. The molecule has 1 heterocycles. The first-order chi connectivity index (χ1) is 3.79. The molecule has 0 amide bonds. The fourth-order valence-corrected chi connectivity index (χ4v) is 0.666. The van der Waals surface area contributed by atoms with Crippen LogP contribution >= 0.6 is 0 Å². The van der Waals surface area contributed by atoms with E-state index in [1.807, 2.05) is 25.1 Å². The summed E-state index contributed by atoms with van der Waals surface area (Å²) in [7, 11) is 1.96. The van der Waals surface area contributed by atoms with Crippen molar-refractivity contribution in [2.45, 2.75) is 6.92 Å². The summed E-state index contributed by atoms with van der Waals surface area (Å²) in [5.41, 5.74) is 1.10. The van der Waals surface area contributed by atoms with Gasteiger partial charge in [0.05, 0.1) is 6.20 Å². The van der Waals surface area contributed by atoms with Gasteiger partial charge in [-0.3, -0.25) is 4.99 Å². The van der Waals surface area contributed by atoms with E-state index in [1.54, 1.807) is 0 Å². The molecule has 43 valence electrons. The van der Waals surface area contributed by atoms with Gasteiger partial charge < -0.3 is 4.90 Å². The van der Waals surface area contributed by atoms with Crippen molar-refractivity contribution in [3.8, 4) is 0 Å².